The van der Waals surface area contributed by atoms with E-state index in [-0.39, 0.29) is 23.1 Å². The van der Waals surface area contributed by atoms with Gasteiger partial charge in [-0.15, -0.1) is 0 Å². The van der Waals surface area contributed by atoms with Gasteiger partial charge < -0.3 is 25.0 Å². The van der Waals surface area contributed by atoms with Crippen molar-refractivity contribution in [1.82, 2.24) is 24.9 Å². The lowest BCUT2D eigenvalue weighted by Gasteiger charge is -2.31. The van der Waals surface area contributed by atoms with Gasteiger partial charge in [-0.2, -0.15) is 18.2 Å². The maximum absolute atomic E-state index is 13.6. The van der Waals surface area contributed by atoms with Gasteiger partial charge in [-0.05, 0) is 36.8 Å². The second-order valence-electron chi connectivity index (χ2n) is 11.3. The maximum Gasteiger partial charge on any atom is 0.417 e. The van der Waals surface area contributed by atoms with Gasteiger partial charge in [0.25, 0.3) is 0 Å². The number of amides is 2. The van der Waals surface area contributed by atoms with Crippen molar-refractivity contribution in [2.45, 2.75) is 13.1 Å². The number of nitrogen functional groups attached to an aromatic ring is 1. The average molecular weight is 699 g/mol. The molecule has 4 aromatic rings. The predicted octanol–water partition coefficient (Wildman–Crippen LogP) is 4.70. The summed E-state index contributed by atoms with van der Waals surface area (Å²) in [5.74, 6) is 0.735. The number of alkyl halides is 3. The van der Waals surface area contributed by atoms with Gasteiger partial charge in [0.05, 0.1) is 55.3 Å². The topological polar surface area (TPSA) is 139 Å². The number of pyridine rings is 3. The lowest BCUT2D eigenvalue weighted by molar-refractivity contribution is -0.137. The number of ether oxygens (including phenoxy) is 2. The molecule has 4 aromatic heterocycles. The van der Waals surface area contributed by atoms with Gasteiger partial charge >= 0.3 is 12.2 Å². The number of hydrogen-bond donors (Lipinski definition) is 1. The standard InChI is InChI=1S/C18H21F3N6O2.C14H13ClN4O/c19-18(20,21)13-9-15(22)23-11-12(13)14-10-16(26-1-5-28-6-2-26)25-17(24-14)27-3-7-29-8-4-27;1-10-2-4-16-9-12(10)19-7-6-18(14(19)20)11-3-5-17-13(15)8-11/h9-11H,1-8H2,(H2,22,23);2-5,8-9H,6-7H2,1H3. The molecule has 0 unspecified atom stereocenters. The van der Waals surface area contributed by atoms with Gasteiger partial charge in [0.15, 0.2) is 0 Å². The molecule has 0 bridgehead atoms. The van der Waals surface area contributed by atoms with Crippen LogP contribution in [-0.2, 0) is 15.7 Å². The van der Waals surface area contributed by atoms with Crippen LogP contribution in [0.1, 0.15) is 11.1 Å². The summed E-state index contributed by atoms with van der Waals surface area (Å²) >= 11 is 5.88. The van der Waals surface area contributed by atoms with Crippen molar-refractivity contribution >= 4 is 46.6 Å². The van der Waals surface area contributed by atoms with Crippen LogP contribution in [0.3, 0.4) is 0 Å². The number of morpholine rings is 2. The third-order valence-electron chi connectivity index (χ3n) is 8.17. The van der Waals surface area contributed by atoms with E-state index in [0.717, 1.165) is 29.2 Å². The van der Waals surface area contributed by atoms with Crippen molar-refractivity contribution in [3.63, 3.8) is 0 Å². The van der Waals surface area contributed by atoms with E-state index in [1.165, 1.54) is 0 Å². The van der Waals surface area contributed by atoms with Crippen LogP contribution in [0.5, 0.6) is 0 Å². The zero-order valence-electron chi connectivity index (χ0n) is 26.6. The minimum Gasteiger partial charge on any atom is -0.384 e. The van der Waals surface area contributed by atoms with Gasteiger partial charge in [0.1, 0.15) is 16.8 Å². The molecule has 49 heavy (non-hydrogen) atoms. The molecule has 2 N–H and O–H groups in total. The first kappa shape index (κ1) is 34.1. The van der Waals surface area contributed by atoms with Crippen LogP contribution in [0.4, 0.5) is 46.9 Å². The summed E-state index contributed by atoms with van der Waals surface area (Å²) in [4.78, 5) is 40.8. The SMILES string of the molecule is Cc1ccncc1N1CCN(c2ccnc(Cl)c2)C1=O.Nc1cc(C(F)(F)F)c(-c2cc(N3CCOCC3)nc(N3CCOCC3)n2)cn1. The van der Waals surface area contributed by atoms with Crippen molar-refractivity contribution in [1.29, 1.82) is 0 Å². The number of carbonyl (C=O) groups is 1. The molecule has 17 heteroatoms. The summed E-state index contributed by atoms with van der Waals surface area (Å²) in [6, 6.07) is 7.71. The molecule has 0 aromatic carbocycles. The largest absolute Gasteiger partial charge is 0.417 e. The fraction of sp³-hybridized carbons (Fsp3) is 0.375. The Balaban J connectivity index is 0.000000182. The number of halogens is 4. The fourth-order valence-electron chi connectivity index (χ4n) is 5.63. The smallest absolute Gasteiger partial charge is 0.384 e. The number of aromatic nitrogens is 5. The average Bonchev–Trinajstić information content (AvgIpc) is 3.49. The highest BCUT2D eigenvalue weighted by Crippen LogP contribution is 2.38. The molecule has 13 nitrogen and oxygen atoms in total. The molecule has 2 amide bonds. The van der Waals surface area contributed by atoms with Crippen LogP contribution in [0.15, 0.2) is 55.1 Å². The molecule has 7 rings (SSSR count). The molecular formula is C32H34ClF3N10O3. The highest BCUT2D eigenvalue weighted by atomic mass is 35.5. The summed E-state index contributed by atoms with van der Waals surface area (Å²) in [5.41, 5.74) is 7.31. The Hall–Kier alpha value is -4.80. The molecule has 7 heterocycles. The van der Waals surface area contributed by atoms with E-state index >= 15 is 0 Å². The number of urea groups is 1. The minimum absolute atomic E-state index is 0.0663. The molecular weight excluding hydrogens is 665 g/mol. The molecule has 3 fully saturated rings. The number of anilines is 5. The first-order valence-corrected chi connectivity index (χ1v) is 15.9. The van der Waals surface area contributed by atoms with Gasteiger partial charge in [-0.25, -0.2) is 19.7 Å². The molecule has 258 valence electrons. The number of rotatable bonds is 5. The van der Waals surface area contributed by atoms with E-state index in [1.54, 1.807) is 46.6 Å². The lowest BCUT2D eigenvalue weighted by atomic mass is 10.1. The van der Waals surface area contributed by atoms with Gasteiger partial charge in [-0.1, -0.05) is 11.6 Å². The number of hydrogen-bond acceptors (Lipinski definition) is 11. The third-order valence-corrected chi connectivity index (χ3v) is 8.38. The van der Waals surface area contributed by atoms with Crippen LogP contribution >= 0.6 is 11.6 Å². The molecule has 0 aliphatic carbocycles. The Morgan fingerprint density at radius 1 is 0.837 bits per heavy atom. The van der Waals surface area contributed by atoms with E-state index in [4.69, 9.17) is 26.8 Å². The second kappa shape index (κ2) is 14.8. The molecule has 0 saturated carbocycles. The second-order valence-corrected chi connectivity index (χ2v) is 11.7. The van der Waals surface area contributed by atoms with Crippen molar-refractivity contribution < 1.29 is 27.4 Å². The highest BCUT2D eigenvalue weighted by Gasteiger charge is 2.35. The fourth-order valence-corrected chi connectivity index (χ4v) is 5.80. The van der Waals surface area contributed by atoms with Gasteiger partial charge in [0.2, 0.25) is 5.95 Å². The van der Waals surface area contributed by atoms with Crippen LogP contribution in [-0.4, -0.2) is 96.6 Å². The third kappa shape index (κ3) is 7.92. The van der Waals surface area contributed by atoms with Gasteiger partial charge in [-0.3, -0.25) is 14.8 Å². The summed E-state index contributed by atoms with van der Waals surface area (Å²) in [7, 11) is 0. The molecule has 3 aliphatic heterocycles. The molecule has 0 radical (unpaired) electrons. The van der Waals surface area contributed by atoms with Crippen molar-refractivity contribution in [3.05, 3.63) is 71.4 Å². The first-order chi connectivity index (χ1) is 23.6. The van der Waals surface area contributed by atoms with Crippen LogP contribution in [0.2, 0.25) is 5.15 Å². The van der Waals surface area contributed by atoms with Crippen molar-refractivity contribution in [2.75, 3.05) is 91.0 Å². The summed E-state index contributed by atoms with van der Waals surface area (Å²) in [6.07, 6.45) is 1.57. The maximum atomic E-state index is 13.6. The van der Waals surface area contributed by atoms with E-state index < -0.39 is 11.7 Å². The van der Waals surface area contributed by atoms with E-state index in [1.807, 2.05) is 22.8 Å². The monoisotopic (exact) mass is 698 g/mol. The first-order valence-electron chi connectivity index (χ1n) is 15.6. The molecule has 3 aliphatic rings. The molecule has 0 spiro atoms. The summed E-state index contributed by atoms with van der Waals surface area (Å²) in [6.45, 7) is 7.64. The Labute approximate surface area is 285 Å². The van der Waals surface area contributed by atoms with E-state index in [9.17, 15) is 18.0 Å². The van der Waals surface area contributed by atoms with Crippen LogP contribution in [0, 0.1) is 6.92 Å². The molecule has 0 atom stereocenters. The van der Waals surface area contributed by atoms with Crippen molar-refractivity contribution in [3.8, 4) is 11.3 Å². The lowest BCUT2D eigenvalue weighted by Crippen LogP contribution is -2.39. The predicted molar refractivity (Wildman–Crippen MR) is 179 cm³/mol. The number of nitrogens with two attached hydrogens (primary N) is 1. The van der Waals surface area contributed by atoms with Crippen molar-refractivity contribution in [2.24, 2.45) is 0 Å². The zero-order valence-corrected chi connectivity index (χ0v) is 27.4. The van der Waals surface area contributed by atoms with E-state index in [2.05, 4.69) is 24.9 Å². The molecule has 3 saturated heterocycles. The highest BCUT2D eigenvalue weighted by molar-refractivity contribution is 6.29. The number of nitrogens with zero attached hydrogens (tertiary/aromatic N) is 9. The Morgan fingerprint density at radius 3 is 2.20 bits per heavy atom. The number of aryl methyl sites for hydroxylation is 1. The minimum atomic E-state index is -4.59. The van der Waals surface area contributed by atoms with E-state index in [0.29, 0.717) is 82.6 Å². The zero-order chi connectivity index (χ0) is 34.5. The number of carbonyl (C=O) groups excluding carboxylic acids is 1. The van der Waals surface area contributed by atoms with Crippen LogP contribution < -0.4 is 25.3 Å². The summed E-state index contributed by atoms with van der Waals surface area (Å²) < 4.78 is 51.7. The Kier molecular flexibility index (Phi) is 10.3. The quantitative estimate of drug-likeness (QED) is 0.290. The van der Waals surface area contributed by atoms with Gasteiger partial charge in [0, 0.05) is 69.5 Å². The summed E-state index contributed by atoms with van der Waals surface area (Å²) in [5, 5.41) is 0.381. The van der Waals surface area contributed by atoms with Crippen LogP contribution in [0.25, 0.3) is 11.3 Å². The Bertz CT molecular complexity index is 1750. The Morgan fingerprint density at radius 2 is 1.53 bits per heavy atom. The normalized spacial score (nSPS) is 16.9.